The molecule has 2 N–H and O–H groups in total. The lowest BCUT2D eigenvalue weighted by atomic mass is 9.84. The van der Waals surface area contributed by atoms with Gasteiger partial charge < -0.3 is 10.2 Å². The molecule has 0 unspecified atom stereocenters. The minimum atomic E-state index is -0.439. The van der Waals surface area contributed by atoms with E-state index in [4.69, 9.17) is 0 Å². The third kappa shape index (κ3) is 5.20. The normalized spacial score (nSPS) is 26.7. The van der Waals surface area contributed by atoms with E-state index in [0.717, 1.165) is 52.1 Å². The summed E-state index contributed by atoms with van der Waals surface area (Å²) in [5, 5.41) is 20.9. The predicted octanol–water partition coefficient (Wildman–Crippen LogP) is 1.71. The lowest BCUT2D eigenvalue weighted by molar-refractivity contribution is -0.0416. The molecule has 0 amide bonds. The maximum Gasteiger partial charge on any atom is 0.0774 e. The number of aliphatic hydroxyl groups is 2. The molecule has 1 heterocycles. The number of aliphatic hydroxyl groups excluding tert-OH is 1. The van der Waals surface area contributed by atoms with Crippen LogP contribution in [0.4, 0.5) is 0 Å². The van der Waals surface area contributed by atoms with E-state index in [1.165, 1.54) is 19.3 Å². The minimum Gasteiger partial charge on any atom is -0.391 e. The van der Waals surface area contributed by atoms with Gasteiger partial charge in [0.15, 0.2) is 0 Å². The molecule has 124 valence electrons. The highest BCUT2D eigenvalue weighted by molar-refractivity contribution is 4.88. The summed E-state index contributed by atoms with van der Waals surface area (Å²) in [5.41, 5.74) is -0.486. The first-order valence-corrected chi connectivity index (χ1v) is 8.64. The summed E-state index contributed by atoms with van der Waals surface area (Å²) >= 11 is 0. The molecule has 0 radical (unpaired) electrons. The molecule has 2 aliphatic rings. The zero-order chi connectivity index (χ0) is 15.5. The molecule has 2 rings (SSSR count). The second kappa shape index (κ2) is 6.95. The molecule has 21 heavy (non-hydrogen) atoms. The van der Waals surface area contributed by atoms with Crippen molar-refractivity contribution in [2.24, 2.45) is 5.41 Å². The van der Waals surface area contributed by atoms with Crippen LogP contribution in [0.5, 0.6) is 0 Å². The van der Waals surface area contributed by atoms with Crippen LogP contribution in [0, 0.1) is 5.41 Å². The summed E-state index contributed by atoms with van der Waals surface area (Å²) in [6.07, 6.45) is 5.29. The number of rotatable bonds is 4. The summed E-state index contributed by atoms with van der Waals surface area (Å²) < 4.78 is 0. The Morgan fingerprint density at radius 3 is 2.00 bits per heavy atom. The molecule has 0 aromatic heterocycles. The molecule has 0 aromatic rings. The van der Waals surface area contributed by atoms with E-state index >= 15 is 0 Å². The third-order valence-corrected chi connectivity index (χ3v) is 5.20. The Morgan fingerprint density at radius 2 is 1.48 bits per heavy atom. The van der Waals surface area contributed by atoms with Crippen LogP contribution in [0.3, 0.4) is 0 Å². The summed E-state index contributed by atoms with van der Waals surface area (Å²) in [6.45, 7) is 11.9. The number of hydrogen-bond acceptors (Lipinski definition) is 4. The van der Waals surface area contributed by atoms with Crippen molar-refractivity contribution in [1.29, 1.82) is 0 Å². The zero-order valence-electron chi connectivity index (χ0n) is 14.1. The molecule has 0 spiro atoms. The van der Waals surface area contributed by atoms with E-state index in [0.29, 0.717) is 0 Å². The van der Waals surface area contributed by atoms with E-state index in [2.05, 4.69) is 30.6 Å². The average Bonchev–Trinajstić information content (AvgIpc) is 2.40. The molecule has 1 saturated heterocycles. The van der Waals surface area contributed by atoms with Crippen LogP contribution in [0.2, 0.25) is 0 Å². The van der Waals surface area contributed by atoms with Gasteiger partial charge in [0.05, 0.1) is 11.7 Å². The second-order valence-corrected chi connectivity index (χ2v) is 8.24. The molecule has 1 saturated carbocycles. The number of β-amino-alcohol motifs (C(OH)–C–C–N with tert-alkyl or cyclic N) is 2. The Morgan fingerprint density at radius 1 is 0.952 bits per heavy atom. The zero-order valence-corrected chi connectivity index (χ0v) is 14.1. The van der Waals surface area contributed by atoms with Crippen LogP contribution in [-0.4, -0.2) is 71.0 Å². The van der Waals surface area contributed by atoms with Gasteiger partial charge in [-0.3, -0.25) is 9.80 Å². The van der Waals surface area contributed by atoms with Gasteiger partial charge in [-0.1, -0.05) is 40.0 Å². The van der Waals surface area contributed by atoms with Crippen LogP contribution >= 0.6 is 0 Å². The van der Waals surface area contributed by atoms with Crippen molar-refractivity contribution in [3.05, 3.63) is 0 Å². The van der Waals surface area contributed by atoms with Gasteiger partial charge in [-0.2, -0.15) is 0 Å². The highest BCUT2D eigenvalue weighted by Gasteiger charge is 2.33. The highest BCUT2D eigenvalue weighted by Crippen LogP contribution is 2.29. The Bertz CT molecular complexity index is 313. The number of nitrogens with zero attached hydrogens (tertiary/aromatic N) is 2. The topological polar surface area (TPSA) is 46.9 Å². The first kappa shape index (κ1) is 17.2. The largest absolute Gasteiger partial charge is 0.391 e. The second-order valence-electron chi connectivity index (χ2n) is 8.24. The van der Waals surface area contributed by atoms with Gasteiger partial charge in [-0.05, 0) is 18.3 Å². The Labute approximate surface area is 130 Å². The van der Waals surface area contributed by atoms with Crippen molar-refractivity contribution in [1.82, 2.24) is 9.80 Å². The Hall–Kier alpha value is -0.160. The van der Waals surface area contributed by atoms with E-state index in [9.17, 15) is 10.2 Å². The average molecular weight is 298 g/mol. The standard InChI is InChI=1S/C17H34N2O2/c1-16(2,3)15(20)13-18-9-11-19(12-10-18)14-17(21)7-5-4-6-8-17/h15,20-21H,4-14H2,1-3H3/t15-/m0/s1. The molecule has 0 aromatic carbocycles. The first-order chi connectivity index (χ1) is 9.78. The van der Waals surface area contributed by atoms with Crippen molar-refractivity contribution in [2.75, 3.05) is 39.3 Å². The van der Waals surface area contributed by atoms with Gasteiger partial charge in [-0.25, -0.2) is 0 Å². The smallest absolute Gasteiger partial charge is 0.0774 e. The van der Waals surface area contributed by atoms with Crippen LogP contribution < -0.4 is 0 Å². The molecule has 0 bridgehead atoms. The number of piperazine rings is 1. The molecule has 1 aliphatic heterocycles. The van der Waals surface area contributed by atoms with E-state index < -0.39 is 5.60 Å². The van der Waals surface area contributed by atoms with Crippen molar-refractivity contribution in [3.8, 4) is 0 Å². The van der Waals surface area contributed by atoms with E-state index in [1.54, 1.807) is 0 Å². The van der Waals surface area contributed by atoms with Gasteiger partial charge in [0, 0.05) is 39.3 Å². The predicted molar refractivity (Wildman–Crippen MR) is 86.4 cm³/mol. The SMILES string of the molecule is CC(C)(C)[C@@H](O)CN1CCN(CC2(O)CCCCC2)CC1. The van der Waals surface area contributed by atoms with Crippen molar-refractivity contribution >= 4 is 0 Å². The van der Waals surface area contributed by atoms with Gasteiger partial charge in [0.2, 0.25) is 0 Å². The lowest BCUT2D eigenvalue weighted by Gasteiger charge is -2.42. The first-order valence-electron chi connectivity index (χ1n) is 8.64. The van der Waals surface area contributed by atoms with Crippen molar-refractivity contribution < 1.29 is 10.2 Å². The Balaban J connectivity index is 1.73. The molecule has 4 heteroatoms. The summed E-state index contributed by atoms with van der Waals surface area (Å²) in [5.74, 6) is 0. The quantitative estimate of drug-likeness (QED) is 0.829. The maximum atomic E-state index is 10.6. The van der Waals surface area contributed by atoms with Crippen LogP contribution in [0.25, 0.3) is 0 Å². The van der Waals surface area contributed by atoms with Crippen LogP contribution in [0.15, 0.2) is 0 Å². The summed E-state index contributed by atoms with van der Waals surface area (Å²) in [4.78, 5) is 4.77. The molecular weight excluding hydrogens is 264 g/mol. The lowest BCUT2D eigenvalue weighted by Crippen LogP contribution is -2.54. The number of hydrogen-bond donors (Lipinski definition) is 2. The molecule has 4 nitrogen and oxygen atoms in total. The minimum absolute atomic E-state index is 0.0472. The van der Waals surface area contributed by atoms with Gasteiger partial charge in [0.25, 0.3) is 0 Å². The Kier molecular flexibility index (Phi) is 5.69. The van der Waals surface area contributed by atoms with Crippen molar-refractivity contribution in [3.63, 3.8) is 0 Å². The third-order valence-electron chi connectivity index (χ3n) is 5.20. The summed E-state index contributed by atoms with van der Waals surface area (Å²) in [6, 6.07) is 0. The summed E-state index contributed by atoms with van der Waals surface area (Å²) in [7, 11) is 0. The van der Waals surface area contributed by atoms with E-state index in [-0.39, 0.29) is 11.5 Å². The van der Waals surface area contributed by atoms with Crippen LogP contribution in [0.1, 0.15) is 52.9 Å². The molecule has 1 atom stereocenters. The fourth-order valence-corrected chi connectivity index (χ4v) is 3.43. The van der Waals surface area contributed by atoms with Gasteiger partial charge in [0.1, 0.15) is 0 Å². The van der Waals surface area contributed by atoms with E-state index in [1.807, 2.05) is 0 Å². The molecule has 2 fully saturated rings. The highest BCUT2D eigenvalue weighted by atomic mass is 16.3. The fourth-order valence-electron chi connectivity index (χ4n) is 3.43. The fraction of sp³-hybridized carbons (Fsp3) is 1.00. The molecule has 1 aliphatic carbocycles. The van der Waals surface area contributed by atoms with Gasteiger partial charge in [-0.15, -0.1) is 0 Å². The maximum absolute atomic E-state index is 10.6. The monoisotopic (exact) mass is 298 g/mol. The van der Waals surface area contributed by atoms with Gasteiger partial charge >= 0.3 is 0 Å². The molecular formula is C17H34N2O2. The van der Waals surface area contributed by atoms with Crippen molar-refractivity contribution in [2.45, 2.75) is 64.6 Å². The van der Waals surface area contributed by atoms with Crippen LogP contribution in [-0.2, 0) is 0 Å².